The minimum Gasteiger partial charge on any atom is -0.492 e. The maximum atomic E-state index is 8.80. The van der Waals surface area contributed by atoms with Gasteiger partial charge < -0.3 is 14.7 Å². The Kier molecular flexibility index (Phi) is 11.0. The van der Waals surface area contributed by atoms with Crippen LogP contribution >= 0.6 is 12.4 Å². The molecule has 0 spiro atoms. The highest BCUT2D eigenvalue weighted by atomic mass is 35.5. The Morgan fingerprint density at radius 2 is 1.60 bits per heavy atom. The zero-order chi connectivity index (χ0) is 17.0. The highest BCUT2D eigenvalue weighted by molar-refractivity contribution is 5.85. The van der Waals surface area contributed by atoms with Crippen molar-refractivity contribution in [3.63, 3.8) is 0 Å². The lowest BCUT2D eigenvalue weighted by Gasteiger charge is -2.18. The van der Waals surface area contributed by atoms with Gasteiger partial charge in [0.1, 0.15) is 12.4 Å². The summed E-state index contributed by atoms with van der Waals surface area (Å²) >= 11 is 0. The van der Waals surface area contributed by atoms with Crippen molar-refractivity contribution in [1.29, 1.82) is 0 Å². The monoisotopic (exact) mass is 363 g/mol. The molecule has 0 bridgehead atoms. The van der Waals surface area contributed by atoms with Crippen molar-refractivity contribution < 1.29 is 9.84 Å². The quantitative estimate of drug-likeness (QED) is 0.608. The number of halogens is 1. The van der Waals surface area contributed by atoms with Gasteiger partial charge in [0.2, 0.25) is 0 Å². The van der Waals surface area contributed by atoms with Crippen molar-refractivity contribution in [2.75, 3.05) is 33.4 Å². The van der Waals surface area contributed by atoms with Crippen molar-refractivity contribution >= 4 is 12.4 Å². The summed E-state index contributed by atoms with van der Waals surface area (Å²) in [5.41, 5.74) is 2.53. The molecule has 25 heavy (non-hydrogen) atoms. The number of ether oxygens (including phenoxy) is 1. The molecular formula is C21H30ClNO2. The number of likely N-dealkylation sites (N-methyl/N-ethyl adjacent to an activating group) is 1. The molecule has 0 aromatic heterocycles. The van der Waals surface area contributed by atoms with Crippen molar-refractivity contribution in [3.8, 4) is 5.75 Å². The number of aliphatic hydroxyl groups is 1. The van der Waals surface area contributed by atoms with Crippen LogP contribution in [0.3, 0.4) is 0 Å². The van der Waals surface area contributed by atoms with Gasteiger partial charge in [0.05, 0.1) is 0 Å². The molecule has 0 aliphatic rings. The molecule has 3 nitrogen and oxygen atoms in total. The highest BCUT2D eigenvalue weighted by Gasteiger charge is 2.05. The van der Waals surface area contributed by atoms with E-state index in [0.717, 1.165) is 44.5 Å². The SMILES string of the molecule is CN(CCCCCO)CCOc1ccccc1Cc1ccccc1.Cl. The Bertz CT molecular complexity index is 577. The molecule has 138 valence electrons. The third kappa shape index (κ3) is 8.39. The summed E-state index contributed by atoms with van der Waals surface area (Å²) in [6, 6.07) is 18.8. The van der Waals surface area contributed by atoms with E-state index in [1.54, 1.807) is 0 Å². The van der Waals surface area contributed by atoms with Crippen molar-refractivity contribution in [1.82, 2.24) is 4.90 Å². The van der Waals surface area contributed by atoms with Crippen molar-refractivity contribution in [2.45, 2.75) is 25.7 Å². The summed E-state index contributed by atoms with van der Waals surface area (Å²) in [6.07, 6.45) is 4.01. The summed E-state index contributed by atoms with van der Waals surface area (Å²) in [5, 5.41) is 8.80. The second-order valence-corrected chi connectivity index (χ2v) is 6.21. The number of hydrogen-bond donors (Lipinski definition) is 1. The second kappa shape index (κ2) is 12.8. The van der Waals surface area contributed by atoms with Gasteiger partial charge in [0.25, 0.3) is 0 Å². The first kappa shape index (κ1) is 21.5. The Morgan fingerprint density at radius 1 is 0.880 bits per heavy atom. The highest BCUT2D eigenvalue weighted by Crippen LogP contribution is 2.21. The second-order valence-electron chi connectivity index (χ2n) is 6.21. The van der Waals surface area contributed by atoms with Crippen LogP contribution in [0.1, 0.15) is 30.4 Å². The zero-order valence-corrected chi connectivity index (χ0v) is 15.9. The molecule has 2 aromatic carbocycles. The number of unbranched alkanes of at least 4 members (excludes halogenated alkanes) is 2. The minimum absolute atomic E-state index is 0. The van der Waals surface area contributed by atoms with Crippen molar-refractivity contribution in [2.24, 2.45) is 0 Å². The average molecular weight is 364 g/mol. The van der Waals surface area contributed by atoms with E-state index in [-0.39, 0.29) is 12.4 Å². The van der Waals surface area contributed by atoms with Gasteiger partial charge >= 0.3 is 0 Å². The van der Waals surface area contributed by atoms with Gasteiger partial charge in [-0.05, 0) is 50.0 Å². The lowest BCUT2D eigenvalue weighted by molar-refractivity contribution is 0.229. The van der Waals surface area contributed by atoms with E-state index in [1.807, 2.05) is 12.1 Å². The van der Waals surface area contributed by atoms with E-state index < -0.39 is 0 Å². The molecule has 0 saturated carbocycles. The van der Waals surface area contributed by atoms with Crippen molar-refractivity contribution in [3.05, 3.63) is 65.7 Å². The first-order valence-electron chi connectivity index (χ1n) is 8.83. The molecule has 0 atom stereocenters. The standard InChI is InChI=1S/C21H29NO2.ClH/c1-22(14-8-3-9-16-23)15-17-24-21-13-7-6-12-20(21)18-19-10-4-2-5-11-19;/h2,4-7,10-13,23H,3,8-9,14-18H2,1H3;1H. The summed E-state index contributed by atoms with van der Waals surface area (Å²) in [6.45, 7) is 2.96. The van der Waals surface area contributed by atoms with Crippen LogP contribution in [-0.2, 0) is 6.42 Å². The molecule has 0 radical (unpaired) electrons. The summed E-state index contributed by atoms with van der Waals surface area (Å²) in [7, 11) is 2.12. The maximum absolute atomic E-state index is 8.80. The number of aliphatic hydroxyl groups excluding tert-OH is 1. The third-order valence-corrected chi connectivity index (χ3v) is 4.14. The lowest BCUT2D eigenvalue weighted by atomic mass is 10.0. The summed E-state index contributed by atoms with van der Waals surface area (Å²) in [4.78, 5) is 2.29. The molecule has 0 aliphatic carbocycles. The molecule has 0 heterocycles. The lowest BCUT2D eigenvalue weighted by Crippen LogP contribution is -2.25. The number of nitrogens with zero attached hydrogens (tertiary/aromatic N) is 1. The van der Waals surface area contributed by atoms with Crippen LogP contribution in [0.2, 0.25) is 0 Å². The Hall–Kier alpha value is -1.55. The van der Waals surface area contributed by atoms with Gasteiger partial charge in [-0.1, -0.05) is 48.5 Å². The fourth-order valence-electron chi connectivity index (χ4n) is 2.70. The van der Waals surface area contributed by atoms with E-state index in [1.165, 1.54) is 11.1 Å². The minimum atomic E-state index is 0. The summed E-state index contributed by atoms with van der Waals surface area (Å²) in [5.74, 6) is 0.982. The fourth-order valence-corrected chi connectivity index (χ4v) is 2.70. The normalized spacial score (nSPS) is 10.5. The van der Waals surface area contributed by atoms with Crippen LogP contribution in [0.15, 0.2) is 54.6 Å². The Labute approximate surface area is 158 Å². The maximum Gasteiger partial charge on any atom is 0.122 e. The van der Waals surface area contributed by atoms with Gasteiger partial charge in [0.15, 0.2) is 0 Å². The number of para-hydroxylation sites is 1. The van der Waals surface area contributed by atoms with E-state index >= 15 is 0 Å². The third-order valence-electron chi connectivity index (χ3n) is 4.14. The molecule has 0 amide bonds. The van der Waals surface area contributed by atoms with Gasteiger partial charge in [-0.3, -0.25) is 0 Å². The molecular weight excluding hydrogens is 334 g/mol. The summed E-state index contributed by atoms with van der Waals surface area (Å²) < 4.78 is 6.03. The Morgan fingerprint density at radius 3 is 2.36 bits per heavy atom. The van der Waals surface area contributed by atoms with Gasteiger partial charge in [-0.15, -0.1) is 12.4 Å². The molecule has 0 aliphatic heterocycles. The topological polar surface area (TPSA) is 32.7 Å². The van der Waals surface area contributed by atoms with Gasteiger partial charge in [0, 0.05) is 19.6 Å². The molecule has 2 rings (SSSR count). The van der Waals surface area contributed by atoms with Crippen LogP contribution in [0, 0.1) is 0 Å². The number of rotatable bonds is 11. The fraction of sp³-hybridized carbons (Fsp3) is 0.429. The zero-order valence-electron chi connectivity index (χ0n) is 15.1. The smallest absolute Gasteiger partial charge is 0.122 e. The van der Waals surface area contributed by atoms with E-state index in [0.29, 0.717) is 13.2 Å². The molecule has 1 N–H and O–H groups in total. The van der Waals surface area contributed by atoms with Crippen LogP contribution in [-0.4, -0.2) is 43.4 Å². The molecule has 2 aromatic rings. The average Bonchev–Trinajstić information content (AvgIpc) is 2.61. The first-order valence-corrected chi connectivity index (χ1v) is 8.83. The number of benzene rings is 2. The largest absolute Gasteiger partial charge is 0.492 e. The predicted molar refractivity (Wildman–Crippen MR) is 107 cm³/mol. The van der Waals surface area contributed by atoms with Crippen LogP contribution in [0.5, 0.6) is 5.75 Å². The molecule has 0 unspecified atom stereocenters. The number of hydrogen-bond acceptors (Lipinski definition) is 3. The van der Waals surface area contributed by atoms with Crippen LogP contribution in [0.4, 0.5) is 0 Å². The molecule has 4 heteroatoms. The van der Waals surface area contributed by atoms with E-state index in [4.69, 9.17) is 9.84 Å². The van der Waals surface area contributed by atoms with Gasteiger partial charge in [-0.2, -0.15) is 0 Å². The Balaban J connectivity index is 0.00000312. The van der Waals surface area contributed by atoms with Gasteiger partial charge in [-0.25, -0.2) is 0 Å². The molecule has 0 fully saturated rings. The first-order chi connectivity index (χ1) is 11.8. The van der Waals surface area contributed by atoms with Crippen LogP contribution < -0.4 is 4.74 Å². The predicted octanol–water partition coefficient (Wildman–Crippen LogP) is 4.17. The van der Waals surface area contributed by atoms with Crippen LogP contribution in [0.25, 0.3) is 0 Å². The molecule has 0 saturated heterocycles. The van der Waals surface area contributed by atoms with E-state index in [9.17, 15) is 0 Å². The van der Waals surface area contributed by atoms with E-state index in [2.05, 4.69) is 54.4 Å².